The Balaban J connectivity index is 1.64. The molecule has 1 aliphatic rings. The van der Waals surface area contributed by atoms with E-state index in [2.05, 4.69) is 6.08 Å². The predicted molar refractivity (Wildman–Crippen MR) is 93.3 cm³/mol. The first-order valence-corrected chi connectivity index (χ1v) is 8.84. The van der Waals surface area contributed by atoms with Gasteiger partial charge in [-0.25, -0.2) is 8.78 Å². The molecule has 0 unspecified atom stereocenters. The molecule has 1 nitrogen and oxygen atoms in total. The van der Waals surface area contributed by atoms with Crippen LogP contribution in [0.15, 0.2) is 42.5 Å². The molecular formula is C21H25F2N. The number of hydrogen-bond acceptors (Lipinski definition) is 1. The van der Waals surface area contributed by atoms with Gasteiger partial charge in [0.15, 0.2) is 11.6 Å². The Kier molecular flexibility index (Phi) is 7.68. The van der Waals surface area contributed by atoms with Crippen LogP contribution in [0.25, 0.3) is 0 Å². The Hall–Kier alpha value is -1.95. The average Bonchev–Trinajstić information content (AvgIpc) is 2.60. The zero-order valence-electron chi connectivity index (χ0n) is 14.1. The topological polar surface area (TPSA) is 23.8 Å². The molecule has 0 N–H and O–H groups in total. The van der Waals surface area contributed by atoms with Crippen LogP contribution in [0.5, 0.6) is 0 Å². The van der Waals surface area contributed by atoms with Crippen molar-refractivity contribution in [1.82, 2.24) is 0 Å². The highest BCUT2D eigenvalue weighted by Crippen LogP contribution is 2.34. The summed E-state index contributed by atoms with van der Waals surface area (Å²) in [7, 11) is 0. The fourth-order valence-corrected chi connectivity index (χ4v) is 3.48. The van der Waals surface area contributed by atoms with Crippen molar-refractivity contribution >= 4 is 0 Å². The van der Waals surface area contributed by atoms with E-state index in [1.807, 2.05) is 12.1 Å². The fourth-order valence-electron chi connectivity index (χ4n) is 3.48. The van der Waals surface area contributed by atoms with E-state index in [1.165, 1.54) is 50.3 Å². The number of halogens is 2. The van der Waals surface area contributed by atoms with Crippen molar-refractivity contribution < 1.29 is 8.78 Å². The zero-order valence-corrected chi connectivity index (χ0v) is 14.1. The Morgan fingerprint density at radius 1 is 1.00 bits per heavy atom. The predicted octanol–water partition coefficient (Wildman–Crippen LogP) is 6.12. The summed E-state index contributed by atoms with van der Waals surface area (Å²) >= 11 is 0. The fraction of sp³-hybridized carbons (Fsp3) is 0.476. The van der Waals surface area contributed by atoms with E-state index >= 15 is 0 Å². The van der Waals surface area contributed by atoms with Gasteiger partial charge in [-0.3, -0.25) is 0 Å². The number of benzene rings is 1. The minimum atomic E-state index is -0.767. The normalized spacial score (nSPS) is 21.4. The van der Waals surface area contributed by atoms with Gasteiger partial charge >= 0.3 is 0 Å². The van der Waals surface area contributed by atoms with E-state index in [1.54, 1.807) is 12.1 Å². The molecular weight excluding hydrogens is 304 g/mol. The molecule has 1 aliphatic carbocycles. The molecule has 1 aromatic rings. The molecule has 0 bridgehead atoms. The maximum absolute atomic E-state index is 13.2. The zero-order chi connectivity index (χ0) is 17.2. The molecule has 128 valence electrons. The third kappa shape index (κ3) is 6.28. The molecule has 1 saturated carbocycles. The van der Waals surface area contributed by atoms with E-state index in [4.69, 9.17) is 5.26 Å². The first-order valence-electron chi connectivity index (χ1n) is 8.84. The van der Waals surface area contributed by atoms with Crippen molar-refractivity contribution in [3.63, 3.8) is 0 Å². The van der Waals surface area contributed by atoms with Crippen LogP contribution in [-0.2, 0) is 6.42 Å². The van der Waals surface area contributed by atoms with Crippen LogP contribution < -0.4 is 0 Å². The van der Waals surface area contributed by atoms with Gasteiger partial charge in [0.05, 0.1) is 6.07 Å². The van der Waals surface area contributed by atoms with Gasteiger partial charge in [0.1, 0.15) is 0 Å². The van der Waals surface area contributed by atoms with Crippen LogP contribution in [0.1, 0.15) is 50.5 Å². The third-order valence-electron chi connectivity index (χ3n) is 4.95. The molecule has 2 rings (SSSR count). The summed E-state index contributed by atoms with van der Waals surface area (Å²) in [4.78, 5) is 0. The largest absolute Gasteiger partial charge is 0.204 e. The SMILES string of the molecule is N#C/C=C/C=C/CC[C@H]1CC[C@H](CCc2ccc(F)c(F)c2)CC1. The van der Waals surface area contributed by atoms with E-state index in [-0.39, 0.29) is 0 Å². The standard InChI is InChI=1S/C21H25F2N/c22-20-14-13-19(16-21(20)23)12-11-18-9-7-17(8-10-18)6-4-2-1-3-5-15-24/h1-3,5,13-14,16-18H,4,6-12H2/b2-1+,5-3+/t17-,18-. The molecule has 1 fully saturated rings. The number of nitriles is 1. The van der Waals surface area contributed by atoms with Crippen molar-refractivity contribution in [2.75, 3.05) is 0 Å². The number of hydrogen-bond donors (Lipinski definition) is 0. The van der Waals surface area contributed by atoms with Gasteiger partial charge in [-0.2, -0.15) is 5.26 Å². The van der Waals surface area contributed by atoms with Crippen LogP contribution in [0.2, 0.25) is 0 Å². The number of rotatable bonds is 7. The smallest absolute Gasteiger partial charge is 0.159 e. The highest BCUT2D eigenvalue weighted by molar-refractivity contribution is 5.18. The van der Waals surface area contributed by atoms with Gasteiger partial charge in [0.2, 0.25) is 0 Å². The molecule has 0 radical (unpaired) electrons. The van der Waals surface area contributed by atoms with Gasteiger partial charge < -0.3 is 0 Å². The molecule has 0 atom stereocenters. The molecule has 1 aromatic carbocycles. The monoisotopic (exact) mass is 329 g/mol. The second kappa shape index (κ2) is 10.0. The maximum atomic E-state index is 13.2. The molecule has 0 amide bonds. The van der Waals surface area contributed by atoms with Gasteiger partial charge in [0.25, 0.3) is 0 Å². The van der Waals surface area contributed by atoms with Crippen LogP contribution >= 0.6 is 0 Å². The van der Waals surface area contributed by atoms with E-state index in [0.29, 0.717) is 5.92 Å². The average molecular weight is 329 g/mol. The number of nitrogens with zero attached hydrogens (tertiary/aromatic N) is 1. The van der Waals surface area contributed by atoms with Crippen molar-refractivity contribution in [3.05, 3.63) is 59.7 Å². The second-order valence-corrected chi connectivity index (χ2v) is 6.67. The quantitative estimate of drug-likeness (QED) is 0.436. The summed E-state index contributed by atoms with van der Waals surface area (Å²) in [5, 5.41) is 8.39. The summed E-state index contributed by atoms with van der Waals surface area (Å²) in [5.74, 6) is 0.00267. The van der Waals surface area contributed by atoms with E-state index < -0.39 is 11.6 Å². The van der Waals surface area contributed by atoms with Crippen LogP contribution in [0.4, 0.5) is 8.78 Å². The molecule has 24 heavy (non-hydrogen) atoms. The molecule has 0 spiro atoms. The highest BCUT2D eigenvalue weighted by atomic mass is 19.2. The van der Waals surface area contributed by atoms with Crippen molar-refractivity contribution in [3.8, 4) is 6.07 Å². The summed E-state index contributed by atoms with van der Waals surface area (Å²) < 4.78 is 26.1. The van der Waals surface area contributed by atoms with Crippen LogP contribution in [0.3, 0.4) is 0 Å². The number of aryl methyl sites for hydroxylation is 1. The summed E-state index contributed by atoms with van der Waals surface area (Å²) in [6, 6.07) is 6.21. The molecule has 0 aliphatic heterocycles. The summed E-state index contributed by atoms with van der Waals surface area (Å²) in [6.07, 6.45) is 16.5. The minimum Gasteiger partial charge on any atom is -0.204 e. The Bertz CT molecular complexity index is 605. The van der Waals surface area contributed by atoms with Crippen molar-refractivity contribution in [2.24, 2.45) is 11.8 Å². The van der Waals surface area contributed by atoms with Gasteiger partial charge in [-0.1, -0.05) is 50.0 Å². The van der Waals surface area contributed by atoms with Crippen LogP contribution in [0, 0.1) is 34.8 Å². The first kappa shape index (κ1) is 18.4. The van der Waals surface area contributed by atoms with Crippen molar-refractivity contribution in [1.29, 1.82) is 5.26 Å². The summed E-state index contributed by atoms with van der Waals surface area (Å²) in [6.45, 7) is 0. The third-order valence-corrected chi connectivity index (χ3v) is 4.95. The molecule has 3 heteroatoms. The van der Waals surface area contributed by atoms with Crippen LogP contribution in [-0.4, -0.2) is 0 Å². The summed E-state index contributed by atoms with van der Waals surface area (Å²) in [5.41, 5.74) is 0.895. The Labute approximate surface area is 143 Å². The maximum Gasteiger partial charge on any atom is 0.159 e. The minimum absolute atomic E-state index is 0.712. The van der Waals surface area contributed by atoms with Gasteiger partial charge in [0, 0.05) is 6.08 Å². The molecule has 0 heterocycles. The lowest BCUT2D eigenvalue weighted by atomic mass is 9.78. The lowest BCUT2D eigenvalue weighted by Crippen LogP contribution is -2.15. The lowest BCUT2D eigenvalue weighted by Gasteiger charge is -2.28. The van der Waals surface area contributed by atoms with E-state index in [0.717, 1.165) is 30.7 Å². The Morgan fingerprint density at radius 3 is 2.38 bits per heavy atom. The molecule has 0 aromatic heterocycles. The highest BCUT2D eigenvalue weighted by Gasteiger charge is 2.20. The van der Waals surface area contributed by atoms with Gasteiger partial charge in [-0.05, 0) is 55.2 Å². The number of allylic oxidation sites excluding steroid dienone is 4. The molecule has 0 saturated heterocycles. The second-order valence-electron chi connectivity index (χ2n) is 6.67. The van der Waals surface area contributed by atoms with Crippen molar-refractivity contribution in [2.45, 2.75) is 51.4 Å². The lowest BCUT2D eigenvalue weighted by molar-refractivity contribution is 0.254. The first-order chi connectivity index (χ1) is 11.7. The Morgan fingerprint density at radius 2 is 1.71 bits per heavy atom. The van der Waals surface area contributed by atoms with E-state index in [9.17, 15) is 8.78 Å². The van der Waals surface area contributed by atoms with Gasteiger partial charge in [-0.15, -0.1) is 0 Å².